The first-order valence-electron chi connectivity index (χ1n) is 10.1. The normalized spacial score (nSPS) is 17.0. The van der Waals surface area contributed by atoms with Gasteiger partial charge in [0, 0.05) is 43.7 Å². The Labute approximate surface area is 171 Å². The molecule has 0 spiro atoms. The highest BCUT2D eigenvalue weighted by molar-refractivity contribution is 5.42. The topological polar surface area (TPSA) is 51.3 Å². The molecule has 0 amide bonds. The highest BCUT2D eigenvalue weighted by Crippen LogP contribution is 2.35. The second-order valence-electron chi connectivity index (χ2n) is 8.07. The maximum atomic E-state index is 11.0. The van der Waals surface area contributed by atoms with Gasteiger partial charge in [-0.1, -0.05) is 24.3 Å². The van der Waals surface area contributed by atoms with E-state index in [9.17, 15) is 10.1 Å². The molecule has 0 saturated carbocycles. The van der Waals surface area contributed by atoms with Gasteiger partial charge in [0.15, 0.2) is 0 Å². The molecule has 29 heavy (non-hydrogen) atoms. The summed E-state index contributed by atoms with van der Waals surface area (Å²) in [5, 5.41) is 11.0. The first kappa shape index (κ1) is 19.4. The van der Waals surface area contributed by atoms with Crippen LogP contribution in [0.2, 0.25) is 0 Å². The molecule has 1 atom stereocenters. The van der Waals surface area contributed by atoms with Crippen molar-refractivity contribution < 1.29 is 4.92 Å². The molecule has 3 aromatic rings. The molecule has 1 aromatic heterocycles. The molecule has 0 radical (unpaired) electrons. The number of fused-ring (bicyclic) bond motifs is 1. The average Bonchev–Trinajstić information content (AvgIpc) is 3.08. The molecule has 1 unspecified atom stereocenters. The number of rotatable bonds is 4. The van der Waals surface area contributed by atoms with Gasteiger partial charge in [-0.2, -0.15) is 0 Å². The zero-order valence-corrected chi connectivity index (χ0v) is 17.3. The van der Waals surface area contributed by atoms with Crippen LogP contribution < -0.4 is 0 Å². The van der Waals surface area contributed by atoms with Crippen LogP contribution in [-0.2, 0) is 13.1 Å². The molecule has 0 saturated heterocycles. The number of non-ortho nitro benzene ring substituents is 1. The van der Waals surface area contributed by atoms with E-state index in [2.05, 4.69) is 60.7 Å². The van der Waals surface area contributed by atoms with E-state index < -0.39 is 0 Å². The molecule has 0 aliphatic carbocycles. The van der Waals surface area contributed by atoms with Crippen LogP contribution in [0.4, 0.5) is 5.69 Å². The van der Waals surface area contributed by atoms with Gasteiger partial charge in [-0.15, -0.1) is 0 Å². The molecule has 5 nitrogen and oxygen atoms in total. The number of hydrogen-bond acceptors (Lipinski definition) is 3. The molecule has 0 bridgehead atoms. The Balaban J connectivity index is 1.75. The van der Waals surface area contributed by atoms with Gasteiger partial charge >= 0.3 is 0 Å². The summed E-state index contributed by atoms with van der Waals surface area (Å²) in [6.07, 6.45) is 3.25. The van der Waals surface area contributed by atoms with Crippen LogP contribution in [0, 0.1) is 30.9 Å². The van der Waals surface area contributed by atoms with E-state index in [1.54, 1.807) is 12.1 Å². The van der Waals surface area contributed by atoms with Crippen molar-refractivity contribution >= 4 is 5.69 Å². The van der Waals surface area contributed by atoms with E-state index in [1.807, 2.05) is 12.1 Å². The minimum Gasteiger partial charge on any atom is -0.350 e. The SMILES string of the molecule is Cc1cc(C)c(C2c3cccn3CCCN2Cc2ccc([N+](=O)[O-])cc2)cc1C. The summed E-state index contributed by atoms with van der Waals surface area (Å²) in [4.78, 5) is 13.1. The minimum atomic E-state index is -0.343. The molecule has 0 N–H and O–H groups in total. The smallest absolute Gasteiger partial charge is 0.269 e. The molecular weight excluding hydrogens is 362 g/mol. The average molecular weight is 389 g/mol. The van der Waals surface area contributed by atoms with Crippen molar-refractivity contribution in [2.24, 2.45) is 0 Å². The number of nitro groups is 1. The summed E-state index contributed by atoms with van der Waals surface area (Å²) in [5.74, 6) is 0. The number of aromatic nitrogens is 1. The number of nitro benzene ring substituents is 1. The van der Waals surface area contributed by atoms with Crippen molar-refractivity contribution in [3.05, 3.63) is 98.4 Å². The van der Waals surface area contributed by atoms with E-state index in [4.69, 9.17) is 0 Å². The third-order valence-corrected chi connectivity index (χ3v) is 6.06. The van der Waals surface area contributed by atoms with Gasteiger partial charge in [-0.25, -0.2) is 0 Å². The van der Waals surface area contributed by atoms with Gasteiger partial charge in [0.2, 0.25) is 0 Å². The summed E-state index contributed by atoms with van der Waals surface area (Å²) >= 11 is 0. The van der Waals surface area contributed by atoms with Crippen molar-refractivity contribution in [3.8, 4) is 0 Å². The first-order valence-corrected chi connectivity index (χ1v) is 10.1. The fourth-order valence-electron chi connectivity index (χ4n) is 4.40. The van der Waals surface area contributed by atoms with Gasteiger partial charge in [0.25, 0.3) is 5.69 Å². The fraction of sp³-hybridized carbons (Fsp3) is 0.333. The Morgan fingerprint density at radius 2 is 1.72 bits per heavy atom. The van der Waals surface area contributed by atoms with E-state index in [0.29, 0.717) is 0 Å². The lowest BCUT2D eigenvalue weighted by molar-refractivity contribution is -0.384. The molecule has 2 heterocycles. The molecule has 1 aliphatic heterocycles. The molecule has 1 aliphatic rings. The second-order valence-corrected chi connectivity index (χ2v) is 8.07. The lowest BCUT2D eigenvalue weighted by Crippen LogP contribution is -2.30. The summed E-state index contributed by atoms with van der Waals surface area (Å²) in [5.41, 5.74) is 7.83. The van der Waals surface area contributed by atoms with Crippen LogP contribution >= 0.6 is 0 Å². The highest BCUT2D eigenvalue weighted by Gasteiger charge is 2.29. The third-order valence-electron chi connectivity index (χ3n) is 6.06. The number of hydrogen-bond donors (Lipinski definition) is 0. The van der Waals surface area contributed by atoms with Gasteiger partial charge in [0.05, 0.1) is 11.0 Å². The Kier molecular flexibility index (Phi) is 5.24. The van der Waals surface area contributed by atoms with Crippen LogP contribution in [0.1, 0.15) is 46.0 Å². The van der Waals surface area contributed by atoms with E-state index >= 15 is 0 Å². The van der Waals surface area contributed by atoms with Gasteiger partial charge in [-0.05, 0) is 67.1 Å². The van der Waals surface area contributed by atoms with Crippen LogP contribution in [0.15, 0.2) is 54.7 Å². The molecular formula is C24H27N3O2. The quantitative estimate of drug-likeness (QED) is 0.448. The Hall–Kier alpha value is -2.92. The van der Waals surface area contributed by atoms with Crippen LogP contribution in [0.5, 0.6) is 0 Å². The zero-order chi connectivity index (χ0) is 20.5. The standard InChI is InChI=1S/C24H27N3O2/c1-17-14-19(3)22(15-18(17)2)24-23-6-4-11-25(23)12-5-13-26(24)16-20-7-9-21(10-8-20)27(28)29/h4,6-11,14-15,24H,5,12-13,16H2,1-3H3. The first-order chi connectivity index (χ1) is 13.9. The summed E-state index contributed by atoms with van der Waals surface area (Å²) in [7, 11) is 0. The highest BCUT2D eigenvalue weighted by atomic mass is 16.6. The van der Waals surface area contributed by atoms with Crippen LogP contribution in [-0.4, -0.2) is 20.9 Å². The van der Waals surface area contributed by atoms with E-state index in [0.717, 1.165) is 31.6 Å². The fourth-order valence-corrected chi connectivity index (χ4v) is 4.40. The maximum Gasteiger partial charge on any atom is 0.269 e. The molecule has 4 rings (SSSR count). The molecule has 150 valence electrons. The van der Waals surface area contributed by atoms with Crippen molar-refractivity contribution in [3.63, 3.8) is 0 Å². The van der Waals surface area contributed by atoms with Gasteiger partial charge < -0.3 is 4.57 Å². The molecule has 2 aromatic carbocycles. The van der Waals surface area contributed by atoms with E-state index in [1.165, 1.54) is 27.9 Å². The van der Waals surface area contributed by atoms with Crippen molar-refractivity contribution in [2.45, 2.75) is 46.3 Å². The predicted octanol–water partition coefficient (Wildman–Crippen LogP) is 5.32. The van der Waals surface area contributed by atoms with Crippen molar-refractivity contribution in [1.82, 2.24) is 9.47 Å². The minimum absolute atomic E-state index is 0.139. The second kappa shape index (κ2) is 7.84. The van der Waals surface area contributed by atoms with Crippen LogP contribution in [0.25, 0.3) is 0 Å². The van der Waals surface area contributed by atoms with E-state index in [-0.39, 0.29) is 16.7 Å². The Bertz CT molecular complexity index is 1040. The number of benzene rings is 2. The Morgan fingerprint density at radius 1 is 1.00 bits per heavy atom. The number of nitrogens with zero attached hydrogens (tertiary/aromatic N) is 3. The van der Waals surface area contributed by atoms with Crippen molar-refractivity contribution in [2.75, 3.05) is 6.54 Å². The largest absolute Gasteiger partial charge is 0.350 e. The number of aryl methyl sites for hydroxylation is 4. The van der Waals surface area contributed by atoms with Gasteiger partial charge in [-0.3, -0.25) is 15.0 Å². The predicted molar refractivity (Wildman–Crippen MR) is 115 cm³/mol. The summed E-state index contributed by atoms with van der Waals surface area (Å²) in [6, 6.07) is 16.1. The lowest BCUT2D eigenvalue weighted by Gasteiger charge is -2.32. The third kappa shape index (κ3) is 3.83. The van der Waals surface area contributed by atoms with Gasteiger partial charge in [0.1, 0.15) is 0 Å². The molecule has 0 fully saturated rings. The maximum absolute atomic E-state index is 11.0. The summed E-state index contributed by atoms with van der Waals surface area (Å²) < 4.78 is 2.37. The van der Waals surface area contributed by atoms with Crippen LogP contribution in [0.3, 0.4) is 0 Å². The zero-order valence-electron chi connectivity index (χ0n) is 17.3. The lowest BCUT2D eigenvalue weighted by atomic mass is 9.92. The monoisotopic (exact) mass is 389 g/mol. The Morgan fingerprint density at radius 3 is 2.45 bits per heavy atom. The van der Waals surface area contributed by atoms with Crippen molar-refractivity contribution in [1.29, 1.82) is 0 Å². The summed E-state index contributed by atoms with van der Waals surface area (Å²) in [6.45, 7) is 9.30. The molecule has 5 heteroatoms.